The molecule has 2 rings (SSSR count). The van der Waals surface area contributed by atoms with Gasteiger partial charge in [-0.1, -0.05) is 26.0 Å². The zero-order chi connectivity index (χ0) is 16.7. The van der Waals surface area contributed by atoms with E-state index in [9.17, 15) is 5.11 Å². The van der Waals surface area contributed by atoms with E-state index in [4.69, 9.17) is 4.99 Å². The molecule has 1 aromatic rings. The van der Waals surface area contributed by atoms with E-state index in [2.05, 4.69) is 35.9 Å². The molecular formula is C18H31IN4O. The van der Waals surface area contributed by atoms with Gasteiger partial charge in [-0.25, -0.2) is 4.99 Å². The van der Waals surface area contributed by atoms with Crippen LogP contribution in [0.2, 0.25) is 0 Å². The Morgan fingerprint density at radius 1 is 1.25 bits per heavy atom. The van der Waals surface area contributed by atoms with Crippen LogP contribution in [0, 0.1) is 5.92 Å². The van der Waals surface area contributed by atoms with E-state index in [0.29, 0.717) is 18.2 Å². The molecule has 0 radical (unpaired) electrons. The van der Waals surface area contributed by atoms with E-state index in [-0.39, 0.29) is 24.0 Å². The van der Waals surface area contributed by atoms with E-state index in [1.54, 1.807) is 12.1 Å². The molecule has 1 saturated heterocycles. The van der Waals surface area contributed by atoms with E-state index in [1.807, 2.05) is 12.1 Å². The van der Waals surface area contributed by atoms with E-state index < -0.39 is 0 Å². The number of guanidine groups is 1. The number of piperazine rings is 1. The van der Waals surface area contributed by atoms with Crippen LogP contribution in [0.3, 0.4) is 0 Å². The summed E-state index contributed by atoms with van der Waals surface area (Å²) < 4.78 is 0. The summed E-state index contributed by atoms with van der Waals surface area (Å²) in [5, 5.41) is 12.9. The van der Waals surface area contributed by atoms with Crippen molar-refractivity contribution in [1.29, 1.82) is 0 Å². The van der Waals surface area contributed by atoms with E-state index in [0.717, 1.165) is 44.2 Å². The second kappa shape index (κ2) is 10.8. The summed E-state index contributed by atoms with van der Waals surface area (Å²) in [5.74, 6) is 1.99. The van der Waals surface area contributed by atoms with Crippen LogP contribution in [0.1, 0.15) is 26.3 Å². The maximum absolute atomic E-state index is 9.55. The number of aromatic hydroxyl groups is 1. The van der Waals surface area contributed by atoms with Gasteiger partial charge < -0.3 is 15.3 Å². The molecule has 0 aromatic heterocycles. The number of hydrogen-bond acceptors (Lipinski definition) is 3. The van der Waals surface area contributed by atoms with Gasteiger partial charge in [0.15, 0.2) is 5.96 Å². The Morgan fingerprint density at radius 2 is 1.96 bits per heavy atom. The Kier molecular flexibility index (Phi) is 9.43. The van der Waals surface area contributed by atoms with Crippen molar-refractivity contribution in [1.82, 2.24) is 15.1 Å². The number of benzene rings is 1. The molecule has 1 aliphatic rings. The maximum atomic E-state index is 9.55. The summed E-state index contributed by atoms with van der Waals surface area (Å²) in [5.41, 5.74) is 1.03. The van der Waals surface area contributed by atoms with Crippen LogP contribution < -0.4 is 5.32 Å². The normalized spacial score (nSPS) is 16.2. The second-order valence-electron chi connectivity index (χ2n) is 6.52. The van der Waals surface area contributed by atoms with Crippen LogP contribution in [-0.4, -0.2) is 60.1 Å². The largest absolute Gasteiger partial charge is 0.508 e. The molecule has 1 aliphatic heterocycles. The van der Waals surface area contributed by atoms with Gasteiger partial charge in [0.1, 0.15) is 5.75 Å². The number of phenols is 1. The summed E-state index contributed by atoms with van der Waals surface area (Å²) in [7, 11) is 0. The highest BCUT2D eigenvalue weighted by Crippen LogP contribution is 2.12. The molecule has 0 aliphatic carbocycles. The Balaban J connectivity index is 0.00000288. The van der Waals surface area contributed by atoms with Crippen molar-refractivity contribution in [3.8, 4) is 5.75 Å². The van der Waals surface area contributed by atoms with Crippen molar-refractivity contribution < 1.29 is 5.11 Å². The molecule has 1 fully saturated rings. The molecule has 0 atom stereocenters. The number of phenolic OH excluding ortho intramolecular Hbond substituents is 1. The van der Waals surface area contributed by atoms with Gasteiger partial charge >= 0.3 is 0 Å². The van der Waals surface area contributed by atoms with Gasteiger partial charge in [-0.15, -0.1) is 24.0 Å². The first-order valence-corrected chi connectivity index (χ1v) is 8.62. The number of rotatable bonds is 5. The summed E-state index contributed by atoms with van der Waals surface area (Å²) in [4.78, 5) is 9.60. The predicted octanol–water partition coefficient (Wildman–Crippen LogP) is 2.75. The first-order chi connectivity index (χ1) is 11.1. The summed E-state index contributed by atoms with van der Waals surface area (Å²) >= 11 is 0. The number of aliphatic imine (C=N–C) groups is 1. The molecule has 0 bridgehead atoms. The molecule has 0 unspecified atom stereocenters. The van der Waals surface area contributed by atoms with Gasteiger partial charge in [0.05, 0.1) is 6.54 Å². The fourth-order valence-corrected chi connectivity index (χ4v) is 2.91. The van der Waals surface area contributed by atoms with E-state index in [1.165, 1.54) is 6.54 Å². The lowest BCUT2D eigenvalue weighted by Gasteiger charge is -2.37. The molecule has 2 N–H and O–H groups in total. The van der Waals surface area contributed by atoms with Crippen molar-refractivity contribution in [2.24, 2.45) is 10.9 Å². The monoisotopic (exact) mass is 446 g/mol. The Labute approximate surface area is 163 Å². The molecule has 0 saturated carbocycles. The highest BCUT2D eigenvalue weighted by molar-refractivity contribution is 14.0. The third-order valence-corrected chi connectivity index (χ3v) is 3.95. The highest BCUT2D eigenvalue weighted by atomic mass is 127. The Hall–Kier alpha value is -1.02. The zero-order valence-electron chi connectivity index (χ0n) is 15.0. The van der Waals surface area contributed by atoms with Crippen LogP contribution >= 0.6 is 24.0 Å². The van der Waals surface area contributed by atoms with Gasteiger partial charge in [-0.3, -0.25) is 4.90 Å². The minimum Gasteiger partial charge on any atom is -0.508 e. The third kappa shape index (κ3) is 6.84. The number of halogens is 1. The van der Waals surface area contributed by atoms with Gasteiger partial charge in [-0.05, 0) is 30.5 Å². The summed E-state index contributed by atoms with van der Waals surface area (Å²) in [6.07, 6.45) is 0. The number of hydrogen-bond donors (Lipinski definition) is 2. The second-order valence-corrected chi connectivity index (χ2v) is 6.52. The smallest absolute Gasteiger partial charge is 0.194 e. The minimum atomic E-state index is 0. The summed E-state index contributed by atoms with van der Waals surface area (Å²) in [6, 6.07) is 7.31. The van der Waals surface area contributed by atoms with Gasteiger partial charge in [-0.2, -0.15) is 0 Å². The van der Waals surface area contributed by atoms with Crippen LogP contribution in [-0.2, 0) is 6.54 Å². The van der Waals surface area contributed by atoms with Crippen LogP contribution in [0.5, 0.6) is 5.75 Å². The molecule has 0 spiro atoms. The van der Waals surface area contributed by atoms with Crippen molar-refractivity contribution in [2.75, 3.05) is 39.3 Å². The lowest BCUT2D eigenvalue weighted by Crippen LogP contribution is -2.53. The fraction of sp³-hybridized carbons (Fsp3) is 0.611. The zero-order valence-corrected chi connectivity index (χ0v) is 17.4. The molecular weight excluding hydrogens is 415 g/mol. The summed E-state index contributed by atoms with van der Waals surface area (Å²) in [6.45, 7) is 13.5. The fourth-order valence-electron chi connectivity index (χ4n) is 2.91. The van der Waals surface area contributed by atoms with Crippen molar-refractivity contribution in [2.45, 2.75) is 27.3 Å². The molecule has 136 valence electrons. The first kappa shape index (κ1) is 21.0. The van der Waals surface area contributed by atoms with Crippen LogP contribution in [0.4, 0.5) is 0 Å². The molecule has 1 aromatic carbocycles. The Morgan fingerprint density at radius 3 is 2.54 bits per heavy atom. The van der Waals surface area contributed by atoms with Crippen molar-refractivity contribution >= 4 is 29.9 Å². The molecule has 6 heteroatoms. The predicted molar refractivity (Wildman–Crippen MR) is 111 cm³/mol. The highest BCUT2D eigenvalue weighted by Gasteiger charge is 2.19. The average molecular weight is 446 g/mol. The minimum absolute atomic E-state index is 0. The number of nitrogens with zero attached hydrogens (tertiary/aromatic N) is 3. The van der Waals surface area contributed by atoms with Crippen LogP contribution in [0.15, 0.2) is 29.3 Å². The Bertz CT molecular complexity index is 513. The quantitative estimate of drug-likeness (QED) is 0.415. The van der Waals surface area contributed by atoms with Crippen molar-refractivity contribution in [3.05, 3.63) is 29.8 Å². The molecule has 5 nitrogen and oxygen atoms in total. The third-order valence-electron chi connectivity index (χ3n) is 3.95. The average Bonchev–Trinajstić information content (AvgIpc) is 2.52. The number of nitrogens with one attached hydrogen (secondary N) is 1. The van der Waals surface area contributed by atoms with Crippen molar-refractivity contribution in [3.63, 3.8) is 0 Å². The van der Waals surface area contributed by atoms with E-state index >= 15 is 0 Å². The standard InChI is InChI=1S/C18H30N4O.HI/c1-4-19-18(20-13-16-6-5-7-17(23)12-16)22-10-8-21(9-11-22)14-15(2)3;/h5-7,12,15,23H,4,8-11,13-14H2,1-3H3,(H,19,20);1H. The first-order valence-electron chi connectivity index (χ1n) is 8.62. The molecule has 0 amide bonds. The molecule has 1 heterocycles. The SMILES string of the molecule is CCNC(=NCc1cccc(O)c1)N1CCN(CC(C)C)CC1.I. The molecule has 24 heavy (non-hydrogen) atoms. The van der Waals surface area contributed by atoms with Gasteiger partial charge in [0.2, 0.25) is 0 Å². The lowest BCUT2D eigenvalue weighted by atomic mass is 10.2. The van der Waals surface area contributed by atoms with Crippen LogP contribution in [0.25, 0.3) is 0 Å². The van der Waals surface area contributed by atoms with Gasteiger partial charge in [0, 0.05) is 39.3 Å². The van der Waals surface area contributed by atoms with Gasteiger partial charge in [0.25, 0.3) is 0 Å². The maximum Gasteiger partial charge on any atom is 0.194 e. The lowest BCUT2D eigenvalue weighted by molar-refractivity contribution is 0.164. The topological polar surface area (TPSA) is 51.1 Å².